The summed E-state index contributed by atoms with van der Waals surface area (Å²) in [4.78, 5) is 0. The summed E-state index contributed by atoms with van der Waals surface area (Å²) in [6.45, 7) is 4.04. The first-order chi connectivity index (χ1) is 4.75. The normalized spacial score (nSPS) is 19.9. The summed E-state index contributed by atoms with van der Waals surface area (Å²) in [5.41, 5.74) is 0. The first-order valence-electron chi connectivity index (χ1n) is 3.37. The number of hydrogen-bond acceptors (Lipinski definition) is 3. The monoisotopic (exact) mass is 164 g/mol. The van der Waals surface area contributed by atoms with Gasteiger partial charge in [0.15, 0.2) is 0 Å². The molecule has 0 bridgehead atoms. The van der Waals surface area contributed by atoms with Gasteiger partial charge in [0.05, 0.1) is 0 Å². The van der Waals surface area contributed by atoms with Gasteiger partial charge in [-0.1, -0.05) is 6.92 Å². The molecule has 0 aromatic heterocycles. The molecule has 60 valence electrons. The molecule has 10 heavy (non-hydrogen) atoms. The van der Waals surface area contributed by atoms with Crippen LogP contribution in [0.5, 0.6) is 0 Å². The van der Waals surface area contributed by atoms with Crippen molar-refractivity contribution in [2.24, 2.45) is 0 Å². The van der Waals surface area contributed by atoms with Gasteiger partial charge in [0, 0.05) is 25.7 Å². The van der Waals surface area contributed by atoms with Crippen LogP contribution in [0.3, 0.4) is 0 Å². The highest BCUT2D eigenvalue weighted by atomic mass is 32.2. The van der Waals surface area contributed by atoms with E-state index in [9.17, 15) is 8.42 Å². The van der Waals surface area contributed by atoms with E-state index in [-0.39, 0.29) is 6.04 Å². The van der Waals surface area contributed by atoms with Gasteiger partial charge in [0.2, 0.25) is 10.9 Å². The van der Waals surface area contributed by atoms with E-state index >= 15 is 0 Å². The minimum Gasteiger partial charge on any atom is -0.313 e. The van der Waals surface area contributed by atoms with Gasteiger partial charge < -0.3 is 5.32 Å². The zero-order valence-corrected chi connectivity index (χ0v) is 6.80. The Kier molecular flexibility index (Phi) is 2.64. The third-order valence-electron chi connectivity index (χ3n) is 1.72. The minimum absolute atomic E-state index is 0.214. The lowest BCUT2D eigenvalue weighted by Crippen LogP contribution is -2.56. The molecule has 0 atom stereocenters. The molecule has 0 spiro atoms. The molecule has 0 aliphatic carbocycles. The molecule has 0 unspecified atom stereocenters. The number of hydrogen-bond donors (Lipinski definition) is 2. The molecule has 0 amide bonds. The first-order valence-corrected chi connectivity index (χ1v) is 4.50. The number of thiol groups is 1. The van der Waals surface area contributed by atoms with E-state index in [1.54, 1.807) is 0 Å². The fraction of sp³-hybridized carbons (Fsp3) is 1.00. The third-order valence-corrected chi connectivity index (χ3v) is 2.74. The average Bonchev–Trinajstić information content (AvgIpc) is 1.76. The highest BCUT2D eigenvalue weighted by Crippen LogP contribution is 2.03. The Morgan fingerprint density at radius 1 is 1.60 bits per heavy atom. The summed E-state index contributed by atoms with van der Waals surface area (Å²) in [6.07, 6.45) is 0. The Morgan fingerprint density at radius 3 is 2.30 bits per heavy atom. The van der Waals surface area contributed by atoms with E-state index in [2.05, 4.69) is 5.32 Å². The topological polar surface area (TPSA) is 49.4 Å². The Bertz CT molecular complexity index is 168. The molecule has 1 fully saturated rings. The predicted octanol–water partition coefficient (Wildman–Crippen LogP) is -1.19. The van der Waals surface area contributed by atoms with Crippen molar-refractivity contribution in [3.8, 4) is 0 Å². The van der Waals surface area contributed by atoms with Crippen molar-refractivity contribution < 1.29 is 8.42 Å². The van der Waals surface area contributed by atoms with Gasteiger partial charge in [-0.25, -0.2) is 8.42 Å². The molecular weight excluding hydrogens is 152 g/mol. The van der Waals surface area contributed by atoms with Crippen molar-refractivity contribution in [3.63, 3.8) is 0 Å². The van der Waals surface area contributed by atoms with Crippen LogP contribution in [0.15, 0.2) is 0 Å². The third kappa shape index (κ3) is 1.47. The van der Waals surface area contributed by atoms with Crippen LogP contribution < -0.4 is 5.32 Å². The van der Waals surface area contributed by atoms with E-state index in [1.807, 2.05) is 6.92 Å². The smallest absolute Gasteiger partial charge is 0.204 e. The second kappa shape index (κ2) is 3.32. The zero-order chi connectivity index (χ0) is 7.56. The van der Waals surface area contributed by atoms with Gasteiger partial charge in [-0.05, 0) is 0 Å². The fourth-order valence-corrected chi connectivity index (χ4v) is 1.65. The van der Waals surface area contributed by atoms with Gasteiger partial charge in [-0.15, -0.1) is 0 Å². The SMILES string of the molecule is CCN(C1CNC1)[SH](=O)=O. The van der Waals surface area contributed by atoms with Crippen molar-refractivity contribution in [2.75, 3.05) is 19.6 Å². The Morgan fingerprint density at radius 2 is 2.20 bits per heavy atom. The molecule has 1 heterocycles. The van der Waals surface area contributed by atoms with Gasteiger partial charge in [0.25, 0.3) is 0 Å². The second-order valence-electron chi connectivity index (χ2n) is 2.31. The summed E-state index contributed by atoms with van der Waals surface area (Å²) >= 11 is 0. The van der Waals surface area contributed by atoms with Gasteiger partial charge in [0.1, 0.15) is 0 Å². The fourth-order valence-electron chi connectivity index (χ4n) is 0.991. The predicted molar refractivity (Wildman–Crippen MR) is 39.4 cm³/mol. The molecule has 1 aliphatic heterocycles. The van der Waals surface area contributed by atoms with Crippen molar-refractivity contribution in [1.82, 2.24) is 9.62 Å². The molecule has 4 nitrogen and oxygen atoms in total. The quantitative estimate of drug-likeness (QED) is 0.515. The highest BCUT2D eigenvalue weighted by molar-refractivity contribution is 7.69. The standard InChI is InChI=1S/C5H12N2O2S/c1-2-7(10(8)9)5-3-6-4-5/h5-6,10H,2-4H2,1H3. The van der Waals surface area contributed by atoms with Crippen LogP contribution >= 0.6 is 0 Å². The number of nitrogens with one attached hydrogen (secondary N) is 1. The maximum absolute atomic E-state index is 10.5. The second-order valence-corrected chi connectivity index (χ2v) is 3.30. The average molecular weight is 164 g/mol. The van der Waals surface area contributed by atoms with Crippen LogP contribution in [0.2, 0.25) is 0 Å². The summed E-state index contributed by atoms with van der Waals surface area (Å²) in [5, 5.41) is 3.02. The highest BCUT2D eigenvalue weighted by Gasteiger charge is 2.24. The first kappa shape index (κ1) is 7.97. The van der Waals surface area contributed by atoms with Crippen molar-refractivity contribution in [2.45, 2.75) is 13.0 Å². The van der Waals surface area contributed by atoms with Crippen LogP contribution in [0.1, 0.15) is 6.92 Å². The molecule has 1 aliphatic rings. The van der Waals surface area contributed by atoms with Crippen molar-refractivity contribution in [3.05, 3.63) is 0 Å². The van der Waals surface area contributed by atoms with Gasteiger partial charge in [-0.2, -0.15) is 4.31 Å². The van der Waals surface area contributed by atoms with Gasteiger partial charge >= 0.3 is 0 Å². The Labute approximate surface area is 62.3 Å². The lowest BCUT2D eigenvalue weighted by Gasteiger charge is -2.33. The minimum atomic E-state index is -2.36. The molecule has 1 N–H and O–H groups in total. The van der Waals surface area contributed by atoms with Crippen molar-refractivity contribution >= 4 is 10.9 Å². The number of nitrogens with zero attached hydrogens (tertiary/aromatic N) is 1. The Balaban J connectivity index is 2.46. The lowest BCUT2D eigenvalue weighted by molar-refractivity contribution is 0.255. The van der Waals surface area contributed by atoms with Crippen LogP contribution in [0.25, 0.3) is 0 Å². The zero-order valence-electron chi connectivity index (χ0n) is 5.91. The molecule has 5 heteroatoms. The van der Waals surface area contributed by atoms with E-state index in [1.165, 1.54) is 4.31 Å². The van der Waals surface area contributed by atoms with Crippen LogP contribution in [0, 0.1) is 0 Å². The molecule has 1 saturated heterocycles. The molecule has 0 aromatic rings. The van der Waals surface area contributed by atoms with E-state index in [0.29, 0.717) is 6.54 Å². The van der Waals surface area contributed by atoms with E-state index < -0.39 is 10.9 Å². The largest absolute Gasteiger partial charge is 0.313 e. The Hall–Kier alpha value is -0.130. The van der Waals surface area contributed by atoms with Gasteiger partial charge in [-0.3, -0.25) is 0 Å². The molecule has 0 radical (unpaired) electrons. The molecule has 1 rings (SSSR count). The summed E-state index contributed by atoms with van der Waals surface area (Å²) < 4.78 is 22.5. The van der Waals surface area contributed by atoms with Crippen molar-refractivity contribution in [1.29, 1.82) is 0 Å². The van der Waals surface area contributed by atoms with E-state index in [0.717, 1.165) is 13.1 Å². The lowest BCUT2D eigenvalue weighted by atomic mass is 10.2. The number of rotatable bonds is 3. The number of likely N-dealkylation sites (N-methyl/N-ethyl adjacent to an activating group) is 1. The summed E-state index contributed by atoms with van der Waals surface area (Å²) in [7, 11) is -2.36. The summed E-state index contributed by atoms with van der Waals surface area (Å²) in [6, 6.07) is 0.214. The summed E-state index contributed by atoms with van der Waals surface area (Å²) in [5.74, 6) is 0. The molecule has 0 aromatic carbocycles. The van der Waals surface area contributed by atoms with Crippen LogP contribution in [0.4, 0.5) is 0 Å². The van der Waals surface area contributed by atoms with E-state index in [4.69, 9.17) is 0 Å². The van der Waals surface area contributed by atoms with Crippen LogP contribution in [-0.4, -0.2) is 38.4 Å². The maximum Gasteiger partial charge on any atom is 0.204 e. The molecule has 0 saturated carbocycles. The maximum atomic E-state index is 10.5. The molecular formula is C5H12N2O2S. The van der Waals surface area contributed by atoms with Crippen LogP contribution in [-0.2, 0) is 10.9 Å².